The van der Waals surface area contributed by atoms with Gasteiger partial charge in [-0.2, -0.15) is 5.10 Å². The van der Waals surface area contributed by atoms with E-state index in [-0.39, 0.29) is 5.91 Å². The molecule has 0 fully saturated rings. The van der Waals surface area contributed by atoms with Gasteiger partial charge in [0.2, 0.25) is 5.91 Å². The lowest BCUT2D eigenvalue weighted by Gasteiger charge is -2.11. The number of aromatic nitrogens is 2. The molecular weight excluding hydrogens is 446 g/mol. The summed E-state index contributed by atoms with van der Waals surface area (Å²) in [6.45, 7) is 3.52. The second kappa shape index (κ2) is 10.6. The molecule has 2 aromatic carbocycles. The Morgan fingerprint density at radius 3 is 2.73 bits per heavy atom. The molecule has 7 heteroatoms. The van der Waals surface area contributed by atoms with E-state index in [1.54, 1.807) is 13.2 Å². The van der Waals surface area contributed by atoms with E-state index in [1.165, 1.54) is 6.08 Å². The number of hydrogen-bond donors (Lipinski definition) is 1. The summed E-state index contributed by atoms with van der Waals surface area (Å²) < 4.78 is 14.0. The number of carbonyl (C=O) groups is 1. The summed E-state index contributed by atoms with van der Waals surface area (Å²) in [6.07, 6.45) is 5.17. The summed E-state index contributed by atoms with van der Waals surface area (Å²) >= 11 is 3.46. The summed E-state index contributed by atoms with van der Waals surface area (Å²) in [4.78, 5) is 12.2. The number of amides is 1. The van der Waals surface area contributed by atoms with Crippen molar-refractivity contribution < 1.29 is 14.3 Å². The largest absolute Gasteiger partial charge is 0.496 e. The second-order valence-corrected chi connectivity index (χ2v) is 7.36. The average molecular weight is 470 g/mol. The Balaban J connectivity index is 1.61. The molecular formula is C23H24BrN3O3. The Labute approximate surface area is 184 Å². The van der Waals surface area contributed by atoms with Crippen molar-refractivity contribution in [2.45, 2.75) is 26.6 Å². The quantitative estimate of drug-likeness (QED) is 0.465. The molecule has 30 heavy (non-hydrogen) atoms. The van der Waals surface area contributed by atoms with Gasteiger partial charge in [0.1, 0.15) is 18.1 Å². The number of carbonyl (C=O) groups excluding carboxylic acids is 1. The molecule has 0 radical (unpaired) electrons. The molecule has 0 saturated carbocycles. The lowest BCUT2D eigenvalue weighted by molar-refractivity contribution is -0.116. The molecule has 6 nitrogen and oxygen atoms in total. The van der Waals surface area contributed by atoms with Crippen LogP contribution in [0.3, 0.4) is 0 Å². The van der Waals surface area contributed by atoms with Crippen LogP contribution in [0.5, 0.6) is 11.5 Å². The minimum absolute atomic E-state index is 0.189. The van der Waals surface area contributed by atoms with Crippen molar-refractivity contribution >= 4 is 27.9 Å². The van der Waals surface area contributed by atoms with Gasteiger partial charge in [0, 0.05) is 24.4 Å². The number of hydrogen-bond acceptors (Lipinski definition) is 4. The van der Waals surface area contributed by atoms with Crippen LogP contribution in [0.15, 0.2) is 65.3 Å². The number of nitrogens with one attached hydrogen (secondary N) is 1. The fourth-order valence-electron chi connectivity index (χ4n) is 2.81. The number of benzene rings is 2. The summed E-state index contributed by atoms with van der Waals surface area (Å²) in [6, 6.07) is 15.3. The van der Waals surface area contributed by atoms with E-state index in [0.717, 1.165) is 39.3 Å². The standard InChI is InChI=1S/C23H24BrN3O3/c1-3-27-15-20(24)21(26-27)14-25-23(28)12-10-17-9-11-22(29-2)18(13-17)16-30-19-7-5-4-6-8-19/h4-13,15H,3,14,16H2,1-2H3,(H,25,28)/b12-10+. The predicted molar refractivity (Wildman–Crippen MR) is 120 cm³/mol. The molecule has 156 valence electrons. The molecule has 1 aromatic heterocycles. The van der Waals surface area contributed by atoms with Crippen LogP contribution in [-0.2, 0) is 24.5 Å². The van der Waals surface area contributed by atoms with Gasteiger partial charge in [0.05, 0.1) is 23.8 Å². The SMILES string of the molecule is CCn1cc(Br)c(CNC(=O)/C=C/c2ccc(OC)c(COc3ccccc3)c2)n1. The van der Waals surface area contributed by atoms with Crippen LogP contribution in [0.1, 0.15) is 23.7 Å². The van der Waals surface area contributed by atoms with Gasteiger partial charge < -0.3 is 14.8 Å². The molecule has 0 atom stereocenters. The summed E-state index contributed by atoms with van der Waals surface area (Å²) in [7, 11) is 1.63. The van der Waals surface area contributed by atoms with E-state index in [1.807, 2.05) is 66.3 Å². The number of aryl methyl sites for hydroxylation is 1. The molecule has 3 aromatic rings. The van der Waals surface area contributed by atoms with Gasteiger partial charge in [0.15, 0.2) is 0 Å². The van der Waals surface area contributed by atoms with Gasteiger partial charge in [0.25, 0.3) is 0 Å². The molecule has 0 aliphatic carbocycles. The first-order chi connectivity index (χ1) is 14.6. The lowest BCUT2D eigenvalue weighted by Crippen LogP contribution is -2.20. The van der Waals surface area contributed by atoms with Gasteiger partial charge in [-0.15, -0.1) is 0 Å². The predicted octanol–water partition coefficient (Wildman–Crippen LogP) is 4.58. The van der Waals surface area contributed by atoms with Crippen molar-refractivity contribution in [3.05, 3.63) is 82.1 Å². The molecule has 0 aliphatic rings. The van der Waals surface area contributed by atoms with E-state index >= 15 is 0 Å². The van der Waals surface area contributed by atoms with Gasteiger partial charge in [-0.3, -0.25) is 9.48 Å². The zero-order valence-electron chi connectivity index (χ0n) is 17.0. The number of nitrogens with zero attached hydrogens (tertiary/aromatic N) is 2. The third-order valence-corrected chi connectivity index (χ3v) is 5.07. The highest BCUT2D eigenvalue weighted by atomic mass is 79.9. The van der Waals surface area contributed by atoms with E-state index in [9.17, 15) is 4.79 Å². The van der Waals surface area contributed by atoms with E-state index in [4.69, 9.17) is 9.47 Å². The third kappa shape index (κ3) is 5.97. The molecule has 0 spiro atoms. The Morgan fingerprint density at radius 2 is 2.03 bits per heavy atom. The van der Waals surface area contributed by atoms with Crippen LogP contribution < -0.4 is 14.8 Å². The number of ether oxygens (including phenoxy) is 2. The molecule has 3 rings (SSSR count). The van der Waals surface area contributed by atoms with Crippen molar-refractivity contribution in [2.24, 2.45) is 0 Å². The third-order valence-electron chi connectivity index (χ3n) is 4.41. The highest BCUT2D eigenvalue weighted by molar-refractivity contribution is 9.10. The van der Waals surface area contributed by atoms with Crippen LogP contribution in [0.25, 0.3) is 6.08 Å². The Kier molecular flexibility index (Phi) is 7.68. The van der Waals surface area contributed by atoms with Crippen LogP contribution in [-0.4, -0.2) is 22.8 Å². The smallest absolute Gasteiger partial charge is 0.244 e. The average Bonchev–Trinajstić information content (AvgIpc) is 3.15. The van der Waals surface area contributed by atoms with Gasteiger partial charge in [-0.25, -0.2) is 0 Å². The van der Waals surface area contributed by atoms with E-state index in [0.29, 0.717) is 13.2 Å². The molecule has 0 saturated heterocycles. The van der Waals surface area contributed by atoms with Gasteiger partial charge >= 0.3 is 0 Å². The first-order valence-electron chi connectivity index (χ1n) is 9.61. The summed E-state index contributed by atoms with van der Waals surface area (Å²) in [5.41, 5.74) is 2.58. The van der Waals surface area contributed by atoms with Crippen molar-refractivity contribution in [3.8, 4) is 11.5 Å². The highest BCUT2D eigenvalue weighted by Crippen LogP contribution is 2.23. The number of para-hydroxylation sites is 1. The van der Waals surface area contributed by atoms with E-state index in [2.05, 4.69) is 26.3 Å². The second-order valence-electron chi connectivity index (χ2n) is 6.50. The topological polar surface area (TPSA) is 65.4 Å². The minimum Gasteiger partial charge on any atom is -0.496 e. The number of halogens is 1. The molecule has 1 N–H and O–H groups in total. The molecule has 1 heterocycles. The number of rotatable bonds is 9. The maximum atomic E-state index is 12.2. The van der Waals surface area contributed by atoms with Crippen molar-refractivity contribution in [1.29, 1.82) is 0 Å². The number of methoxy groups -OCH3 is 1. The van der Waals surface area contributed by atoms with Crippen LogP contribution in [0.2, 0.25) is 0 Å². The Morgan fingerprint density at radius 1 is 1.23 bits per heavy atom. The van der Waals surface area contributed by atoms with Crippen molar-refractivity contribution in [2.75, 3.05) is 7.11 Å². The monoisotopic (exact) mass is 469 g/mol. The van der Waals surface area contributed by atoms with Crippen LogP contribution in [0.4, 0.5) is 0 Å². The van der Waals surface area contributed by atoms with E-state index < -0.39 is 0 Å². The first-order valence-corrected chi connectivity index (χ1v) is 10.4. The lowest BCUT2D eigenvalue weighted by atomic mass is 10.1. The molecule has 0 bridgehead atoms. The van der Waals surface area contributed by atoms with Crippen LogP contribution >= 0.6 is 15.9 Å². The zero-order valence-corrected chi connectivity index (χ0v) is 18.6. The van der Waals surface area contributed by atoms with Gasteiger partial charge in [-0.1, -0.05) is 24.3 Å². The Bertz CT molecular complexity index is 1020. The maximum Gasteiger partial charge on any atom is 0.244 e. The molecule has 1 amide bonds. The Hall–Kier alpha value is -3.06. The fourth-order valence-corrected chi connectivity index (χ4v) is 3.27. The highest BCUT2D eigenvalue weighted by Gasteiger charge is 2.08. The normalized spacial score (nSPS) is 10.9. The zero-order chi connectivity index (χ0) is 21.3. The maximum absolute atomic E-state index is 12.2. The van der Waals surface area contributed by atoms with Crippen molar-refractivity contribution in [1.82, 2.24) is 15.1 Å². The van der Waals surface area contributed by atoms with Crippen molar-refractivity contribution in [3.63, 3.8) is 0 Å². The minimum atomic E-state index is -0.189. The van der Waals surface area contributed by atoms with Gasteiger partial charge in [-0.05, 0) is 58.8 Å². The summed E-state index contributed by atoms with van der Waals surface area (Å²) in [5, 5.41) is 7.25. The summed E-state index contributed by atoms with van der Waals surface area (Å²) in [5.74, 6) is 1.34. The fraction of sp³-hybridized carbons (Fsp3) is 0.217. The molecule has 0 aliphatic heterocycles. The molecule has 0 unspecified atom stereocenters. The first kappa shape index (κ1) is 21.6. The van der Waals surface area contributed by atoms with Crippen LogP contribution in [0, 0.1) is 0 Å².